The summed E-state index contributed by atoms with van der Waals surface area (Å²) in [4.78, 5) is 28.2. The normalized spacial score (nSPS) is 16.2. The molecule has 1 aromatic carbocycles. The van der Waals surface area contributed by atoms with E-state index in [1.54, 1.807) is 30.3 Å². The van der Waals surface area contributed by atoms with E-state index in [1.807, 2.05) is 30.3 Å². The van der Waals surface area contributed by atoms with E-state index in [4.69, 9.17) is 11.6 Å². The fourth-order valence-electron chi connectivity index (χ4n) is 3.05. The van der Waals surface area contributed by atoms with Gasteiger partial charge in [0.25, 0.3) is 5.91 Å². The van der Waals surface area contributed by atoms with E-state index in [0.717, 1.165) is 28.8 Å². The third kappa shape index (κ3) is 4.22. The topological polar surface area (TPSA) is 49.4 Å². The Balaban J connectivity index is 1.62. The largest absolute Gasteiger partial charge is 0.352 e. The molecule has 1 aromatic heterocycles. The number of nitrogens with one attached hydrogen (secondary N) is 1. The van der Waals surface area contributed by atoms with Crippen molar-refractivity contribution in [2.45, 2.75) is 25.8 Å². The Labute approximate surface area is 156 Å². The van der Waals surface area contributed by atoms with Gasteiger partial charge in [0, 0.05) is 36.5 Å². The Hall–Kier alpha value is -1.85. The van der Waals surface area contributed by atoms with E-state index in [2.05, 4.69) is 5.32 Å². The fraction of sp³-hybridized carbons (Fsp3) is 0.368. The highest BCUT2D eigenvalue weighted by Gasteiger charge is 2.27. The average molecular weight is 377 g/mol. The minimum atomic E-state index is -0.0383. The molecule has 2 aromatic rings. The Kier molecular flexibility index (Phi) is 5.45. The first-order chi connectivity index (χ1) is 11.9. The van der Waals surface area contributed by atoms with E-state index in [0.29, 0.717) is 18.0 Å². The first kappa shape index (κ1) is 18.0. The van der Waals surface area contributed by atoms with E-state index in [1.165, 1.54) is 4.88 Å². The number of carbonyl (C=O) groups excluding carboxylic acids is 2. The molecule has 25 heavy (non-hydrogen) atoms. The summed E-state index contributed by atoms with van der Waals surface area (Å²) in [6, 6.07) is 9.46. The van der Waals surface area contributed by atoms with Crippen LogP contribution in [0.15, 0.2) is 30.3 Å². The summed E-state index contributed by atoms with van der Waals surface area (Å²) in [5, 5.41) is 3.68. The summed E-state index contributed by atoms with van der Waals surface area (Å²) in [6.07, 6.45) is 2.38. The number of fused-ring (bicyclic) bond motifs is 1. The number of hydrogen-bond donors (Lipinski definition) is 1. The highest BCUT2D eigenvalue weighted by atomic mass is 35.5. The molecule has 4 nitrogen and oxygen atoms in total. The molecule has 1 N–H and O–H groups in total. The van der Waals surface area contributed by atoms with E-state index < -0.39 is 0 Å². The van der Waals surface area contributed by atoms with Crippen molar-refractivity contribution >= 4 is 34.8 Å². The maximum Gasteiger partial charge on any atom is 0.263 e. The van der Waals surface area contributed by atoms with Crippen LogP contribution in [-0.4, -0.2) is 30.8 Å². The van der Waals surface area contributed by atoms with Crippen molar-refractivity contribution in [3.8, 4) is 0 Å². The molecule has 1 atom stereocenters. The minimum Gasteiger partial charge on any atom is -0.352 e. The minimum absolute atomic E-state index is 0.0290. The number of thiophene rings is 1. The van der Waals surface area contributed by atoms with Gasteiger partial charge in [0.2, 0.25) is 5.91 Å². The predicted octanol–water partition coefficient (Wildman–Crippen LogP) is 3.52. The van der Waals surface area contributed by atoms with Crippen molar-refractivity contribution in [1.29, 1.82) is 0 Å². The number of nitrogens with zero attached hydrogens (tertiary/aromatic N) is 1. The number of halogens is 1. The van der Waals surface area contributed by atoms with Crippen LogP contribution in [0.4, 0.5) is 0 Å². The number of hydrogen-bond acceptors (Lipinski definition) is 3. The number of benzene rings is 1. The Bertz CT molecular complexity index is 800. The van der Waals surface area contributed by atoms with Gasteiger partial charge in [-0.15, -0.1) is 11.3 Å². The molecule has 2 amide bonds. The molecular formula is C19H21ClN2O2S. The van der Waals surface area contributed by atoms with Crippen LogP contribution >= 0.6 is 22.9 Å². The molecule has 0 radical (unpaired) electrons. The van der Waals surface area contributed by atoms with Crippen molar-refractivity contribution in [2.75, 3.05) is 14.1 Å². The van der Waals surface area contributed by atoms with Crippen molar-refractivity contribution in [3.63, 3.8) is 0 Å². The van der Waals surface area contributed by atoms with Gasteiger partial charge in [0.05, 0.1) is 4.88 Å². The molecule has 132 valence electrons. The van der Waals surface area contributed by atoms with Gasteiger partial charge in [-0.2, -0.15) is 0 Å². The molecule has 6 heteroatoms. The Morgan fingerprint density at radius 2 is 2.12 bits per heavy atom. The summed E-state index contributed by atoms with van der Waals surface area (Å²) in [6.45, 7) is 0.483. The molecule has 1 aliphatic carbocycles. The number of rotatable bonds is 4. The summed E-state index contributed by atoms with van der Waals surface area (Å²) in [5.74, 6) is 0.0576. The van der Waals surface area contributed by atoms with Gasteiger partial charge >= 0.3 is 0 Å². The third-order valence-corrected chi connectivity index (χ3v) is 5.89. The lowest BCUT2D eigenvalue weighted by Crippen LogP contribution is -2.33. The average Bonchev–Trinajstić information content (AvgIpc) is 3.02. The first-order valence-corrected chi connectivity index (χ1v) is 9.49. The Morgan fingerprint density at radius 1 is 1.32 bits per heavy atom. The molecule has 0 spiro atoms. The zero-order chi connectivity index (χ0) is 18.0. The maximum absolute atomic E-state index is 12.5. The summed E-state index contributed by atoms with van der Waals surface area (Å²) >= 11 is 7.53. The van der Waals surface area contributed by atoms with E-state index in [9.17, 15) is 9.59 Å². The van der Waals surface area contributed by atoms with Gasteiger partial charge in [-0.25, -0.2) is 0 Å². The van der Waals surface area contributed by atoms with Gasteiger partial charge in [-0.1, -0.05) is 23.7 Å². The molecule has 1 heterocycles. The fourth-order valence-corrected chi connectivity index (χ4v) is 4.50. The van der Waals surface area contributed by atoms with Crippen molar-refractivity contribution in [1.82, 2.24) is 10.2 Å². The predicted molar refractivity (Wildman–Crippen MR) is 101 cm³/mol. The lowest BCUT2D eigenvalue weighted by Gasteiger charge is -2.21. The second-order valence-corrected chi connectivity index (χ2v) is 8.12. The highest BCUT2D eigenvalue weighted by molar-refractivity contribution is 7.14. The van der Waals surface area contributed by atoms with Gasteiger partial charge in [-0.05, 0) is 48.6 Å². The van der Waals surface area contributed by atoms with Gasteiger partial charge < -0.3 is 10.2 Å². The maximum atomic E-state index is 12.5. The van der Waals surface area contributed by atoms with Crippen LogP contribution in [-0.2, 0) is 24.2 Å². The zero-order valence-corrected chi connectivity index (χ0v) is 15.9. The van der Waals surface area contributed by atoms with Crippen LogP contribution in [0.25, 0.3) is 0 Å². The first-order valence-electron chi connectivity index (χ1n) is 8.29. The summed E-state index contributed by atoms with van der Waals surface area (Å²) < 4.78 is 0. The lowest BCUT2D eigenvalue weighted by molar-refractivity contribution is -0.125. The van der Waals surface area contributed by atoms with Crippen LogP contribution < -0.4 is 5.32 Å². The summed E-state index contributed by atoms with van der Waals surface area (Å²) in [5.41, 5.74) is 2.14. The quantitative estimate of drug-likeness (QED) is 0.887. The van der Waals surface area contributed by atoms with Crippen LogP contribution in [0.3, 0.4) is 0 Å². The highest BCUT2D eigenvalue weighted by Crippen LogP contribution is 2.33. The van der Waals surface area contributed by atoms with Crippen LogP contribution in [0, 0.1) is 5.92 Å². The van der Waals surface area contributed by atoms with Crippen molar-refractivity contribution < 1.29 is 9.59 Å². The van der Waals surface area contributed by atoms with Crippen LogP contribution in [0.1, 0.15) is 32.1 Å². The SMILES string of the molecule is CN(C)C(=O)c1cc2c(s1)CCC(C(=O)NCc1cccc(Cl)c1)C2. The van der Waals surface area contributed by atoms with Crippen molar-refractivity contribution in [3.05, 3.63) is 56.2 Å². The number of amides is 2. The lowest BCUT2D eigenvalue weighted by atomic mass is 9.87. The molecule has 0 saturated carbocycles. The third-order valence-electron chi connectivity index (χ3n) is 4.43. The number of aryl methyl sites for hydroxylation is 1. The Morgan fingerprint density at radius 3 is 2.84 bits per heavy atom. The molecule has 0 aliphatic heterocycles. The van der Waals surface area contributed by atoms with Crippen molar-refractivity contribution in [2.24, 2.45) is 5.92 Å². The molecule has 0 fully saturated rings. The van der Waals surface area contributed by atoms with Gasteiger partial charge in [0.15, 0.2) is 0 Å². The van der Waals surface area contributed by atoms with E-state index >= 15 is 0 Å². The molecule has 3 rings (SSSR count). The molecule has 1 aliphatic rings. The standard InChI is InChI=1S/C19H21ClN2O2S/c1-22(2)19(24)17-10-14-9-13(6-7-16(14)25-17)18(23)21-11-12-4-3-5-15(20)8-12/h3-5,8,10,13H,6-7,9,11H2,1-2H3,(H,21,23). The van der Waals surface area contributed by atoms with E-state index in [-0.39, 0.29) is 17.7 Å². The van der Waals surface area contributed by atoms with Crippen LogP contribution in [0.2, 0.25) is 5.02 Å². The monoisotopic (exact) mass is 376 g/mol. The molecule has 0 saturated heterocycles. The second-order valence-electron chi connectivity index (χ2n) is 6.55. The summed E-state index contributed by atoms with van der Waals surface area (Å²) in [7, 11) is 3.51. The van der Waals surface area contributed by atoms with Gasteiger partial charge in [0.1, 0.15) is 0 Å². The smallest absolute Gasteiger partial charge is 0.263 e. The molecule has 0 bridgehead atoms. The number of carbonyl (C=O) groups is 2. The van der Waals surface area contributed by atoms with Crippen LogP contribution in [0.5, 0.6) is 0 Å². The molecule has 1 unspecified atom stereocenters. The molecular weight excluding hydrogens is 356 g/mol. The zero-order valence-electron chi connectivity index (χ0n) is 14.3. The second kappa shape index (κ2) is 7.58. The van der Waals surface area contributed by atoms with Gasteiger partial charge in [-0.3, -0.25) is 9.59 Å².